The van der Waals surface area contributed by atoms with Gasteiger partial charge in [-0.25, -0.2) is 13.2 Å². The average molecular weight is 285 g/mol. The molecule has 0 spiro atoms. The molecule has 2 heterocycles. The van der Waals surface area contributed by atoms with Crippen LogP contribution in [0, 0.1) is 17.5 Å². The molecule has 1 amide bonds. The molecular formula is C14H14F3NO2. The van der Waals surface area contributed by atoms with Crippen molar-refractivity contribution < 1.29 is 22.7 Å². The highest BCUT2D eigenvalue weighted by Gasteiger charge is 2.38. The lowest BCUT2D eigenvalue weighted by Crippen LogP contribution is -2.52. The predicted molar refractivity (Wildman–Crippen MR) is 64.4 cm³/mol. The molecule has 2 atom stereocenters. The van der Waals surface area contributed by atoms with E-state index in [-0.39, 0.29) is 24.1 Å². The summed E-state index contributed by atoms with van der Waals surface area (Å²) in [4.78, 5) is 13.7. The van der Waals surface area contributed by atoms with Gasteiger partial charge in [-0.15, -0.1) is 0 Å². The van der Waals surface area contributed by atoms with E-state index in [1.807, 2.05) is 0 Å². The number of carbonyl (C=O) groups is 1. The summed E-state index contributed by atoms with van der Waals surface area (Å²) in [5.41, 5.74) is 0.237. The van der Waals surface area contributed by atoms with Crippen molar-refractivity contribution in [2.75, 3.05) is 13.2 Å². The zero-order valence-electron chi connectivity index (χ0n) is 10.7. The number of hydrogen-bond donors (Lipinski definition) is 0. The number of fused-ring (bicyclic) bond motifs is 1. The van der Waals surface area contributed by atoms with Crippen LogP contribution in [0.2, 0.25) is 0 Å². The molecular weight excluding hydrogens is 271 g/mol. The largest absolute Gasteiger partial charge is 0.377 e. The Morgan fingerprint density at radius 1 is 1.15 bits per heavy atom. The van der Waals surface area contributed by atoms with E-state index in [2.05, 4.69) is 0 Å². The van der Waals surface area contributed by atoms with Crippen LogP contribution in [-0.4, -0.2) is 30.1 Å². The summed E-state index contributed by atoms with van der Waals surface area (Å²) in [5, 5.41) is 0. The van der Waals surface area contributed by atoms with Crippen LogP contribution in [0.1, 0.15) is 30.9 Å². The second kappa shape index (κ2) is 5.09. The van der Waals surface area contributed by atoms with Crippen molar-refractivity contribution in [3.8, 4) is 0 Å². The van der Waals surface area contributed by atoms with Gasteiger partial charge in [-0.1, -0.05) is 0 Å². The zero-order chi connectivity index (χ0) is 14.3. The normalized spacial score (nSPS) is 26.6. The first-order valence-corrected chi connectivity index (χ1v) is 6.61. The van der Waals surface area contributed by atoms with Crippen LogP contribution in [0.4, 0.5) is 13.2 Å². The van der Waals surface area contributed by atoms with Gasteiger partial charge in [-0.2, -0.15) is 0 Å². The number of morpholine rings is 1. The first-order valence-electron chi connectivity index (χ1n) is 6.61. The van der Waals surface area contributed by atoms with Crippen LogP contribution in [0.15, 0.2) is 12.1 Å². The van der Waals surface area contributed by atoms with Gasteiger partial charge in [0.25, 0.3) is 0 Å². The fourth-order valence-corrected chi connectivity index (χ4v) is 2.97. The molecule has 0 aromatic heterocycles. The predicted octanol–water partition coefficient (Wildman–Crippen LogP) is 2.56. The van der Waals surface area contributed by atoms with E-state index in [0.29, 0.717) is 13.0 Å². The van der Waals surface area contributed by atoms with Crippen LogP contribution in [0.25, 0.3) is 0 Å². The van der Waals surface area contributed by atoms with Crippen molar-refractivity contribution in [1.82, 2.24) is 4.90 Å². The summed E-state index contributed by atoms with van der Waals surface area (Å²) in [6.07, 6.45) is 2.04. The summed E-state index contributed by atoms with van der Waals surface area (Å²) >= 11 is 0. The van der Waals surface area contributed by atoms with Gasteiger partial charge in [0.2, 0.25) is 5.91 Å². The van der Waals surface area contributed by atoms with E-state index in [0.717, 1.165) is 25.0 Å². The number of rotatable bonds is 1. The van der Waals surface area contributed by atoms with Crippen LogP contribution < -0.4 is 0 Å². The van der Waals surface area contributed by atoms with E-state index in [1.165, 1.54) is 0 Å². The fraction of sp³-hybridized carbons (Fsp3) is 0.500. The highest BCUT2D eigenvalue weighted by molar-refractivity contribution is 5.78. The molecule has 3 rings (SSSR count). The second-order valence-electron chi connectivity index (χ2n) is 5.20. The van der Waals surface area contributed by atoms with Gasteiger partial charge in [-0.05, 0) is 30.5 Å². The van der Waals surface area contributed by atoms with Gasteiger partial charge in [-0.3, -0.25) is 4.79 Å². The number of halogens is 3. The molecule has 2 aliphatic rings. The maximum absolute atomic E-state index is 13.4. The molecule has 0 N–H and O–H groups in total. The van der Waals surface area contributed by atoms with Crippen molar-refractivity contribution in [3.63, 3.8) is 0 Å². The quantitative estimate of drug-likeness (QED) is 0.742. The monoisotopic (exact) mass is 285 g/mol. The van der Waals surface area contributed by atoms with E-state index in [1.54, 1.807) is 4.90 Å². The number of ether oxygens (including phenoxy) is 1. The minimum Gasteiger partial charge on any atom is -0.377 e. The average Bonchev–Trinajstić information content (AvgIpc) is 2.44. The molecule has 2 fully saturated rings. The van der Waals surface area contributed by atoms with E-state index >= 15 is 0 Å². The third kappa shape index (κ3) is 2.18. The minimum atomic E-state index is -1.49. The fourth-order valence-electron chi connectivity index (χ4n) is 2.97. The van der Waals surface area contributed by atoms with Gasteiger partial charge >= 0.3 is 0 Å². The Kier molecular flexibility index (Phi) is 3.41. The molecule has 0 unspecified atom stereocenters. The Morgan fingerprint density at radius 3 is 2.55 bits per heavy atom. The first-order chi connectivity index (χ1) is 9.58. The highest BCUT2D eigenvalue weighted by atomic mass is 19.2. The zero-order valence-corrected chi connectivity index (χ0v) is 10.7. The van der Waals surface area contributed by atoms with Crippen molar-refractivity contribution in [1.29, 1.82) is 0 Å². The van der Waals surface area contributed by atoms with E-state index in [9.17, 15) is 18.0 Å². The molecule has 2 aliphatic heterocycles. The number of piperidine rings is 1. The SMILES string of the molecule is O=C1CCC[C@@H]2COC[C@H](c3cc(F)c(F)c(F)c3)N12. The minimum absolute atomic E-state index is 0.0420. The highest BCUT2D eigenvalue weighted by Crippen LogP contribution is 2.34. The summed E-state index contributed by atoms with van der Waals surface area (Å²) in [5.74, 6) is -4.02. The third-order valence-corrected chi connectivity index (χ3v) is 3.92. The molecule has 0 radical (unpaired) electrons. The van der Waals surface area contributed by atoms with Crippen LogP contribution in [-0.2, 0) is 9.53 Å². The maximum Gasteiger partial charge on any atom is 0.223 e. The number of carbonyl (C=O) groups excluding carboxylic acids is 1. The third-order valence-electron chi connectivity index (χ3n) is 3.92. The first kappa shape index (κ1) is 13.4. The van der Waals surface area contributed by atoms with Gasteiger partial charge in [0.1, 0.15) is 0 Å². The van der Waals surface area contributed by atoms with E-state index in [4.69, 9.17) is 4.74 Å². The van der Waals surface area contributed by atoms with Gasteiger partial charge < -0.3 is 9.64 Å². The van der Waals surface area contributed by atoms with Crippen molar-refractivity contribution in [3.05, 3.63) is 35.1 Å². The molecule has 0 bridgehead atoms. The summed E-state index contributed by atoms with van der Waals surface area (Å²) in [7, 11) is 0. The second-order valence-corrected chi connectivity index (χ2v) is 5.20. The van der Waals surface area contributed by atoms with Crippen LogP contribution in [0.5, 0.6) is 0 Å². The number of nitrogens with zero attached hydrogens (tertiary/aromatic N) is 1. The molecule has 3 nitrogen and oxygen atoms in total. The lowest BCUT2D eigenvalue weighted by Gasteiger charge is -2.44. The van der Waals surface area contributed by atoms with Crippen molar-refractivity contribution >= 4 is 5.91 Å². The molecule has 1 aromatic carbocycles. The summed E-state index contributed by atoms with van der Waals surface area (Å²) < 4.78 is 45.2. The van der Waals surface area contributed by atoms with Crippen LogP contribution >= 0.6 is 0 Å². The molecule has 0 aliphatic carbocycles. The Hall–Kier alpha value is -1.56. The number of amides is 1. The smallest absolute Gasteiger partial charge is 0.223 e. The molecule has 0 saturated carbocycles. The van der Waals surface area contributed by atoms with Crippen LogP contribution in [0.3, 0.4) is 0 Å². The van der Waals surface area contributed by atoms with Gasteiger partial charge in [0, 0.05) is 6.42 Å². The van der Waals surface area contributed by atoms with Gasteiger partial charge in [0.15, 0.2) is 17.5 Å². The standard InChI is InChI=1S/C14H14F3NO2/c15-10-4-8(5-11(16)14(10)17)12-7-20-6-9-2-1-3-13(19)18(9)12/h4-5,9,12H,1-3,6-7H2/t9-,12-/m1/s1. The summed E-state index contributed by atoms with van der Waals surface area (Å²) in [6.45, 7) is 0.612. The Morgan fingerprint density at radius 2 is 1.85 bits per heavy atom. The molecule has 1 aromatic rings. The molecule has 6 heteroatoms. The van der Waals surface area contributed by atoms with Crippen molar-refractivity contribution in [2.24, 2.45) is 0 Å². The Labute approximate surface area is 114 Å². The van der Waals surface area contributed by atoms with Crippen molar-refractivity contribution in [2.45, 2.75) is 31.3 Å². The Bertz CT molecular complexity index is 524. The van der Waals surface area contributed by atoms with E-state index < -0.39 is 23.5 Å². The lowest BCUT2D eigenvalue weighted by molar-refractivity contribution is -0.151. The van der Waals surface area contributed by atoms with Gasteiger partial charge in [0.05, 0.1) is 25.3 Å². The summed E-state index contributed by atoms with van der Waals surface area (Å²) in [6, 6.07) is 1.27. The number of benzene rings is 1. The Balaban J connectivity index is 1.97. The lowest BCUT2D eigenvalue weighted by atomic mass is 9.94. The number of hydrogen-bond acceptors (Lipinski definition) is 2. The molecule has 2 saturated heterocycles. The molecule has 20 heavy (non-hydrogen) atoms. The molecule has 108 valence electrons. The topological polar surface area (TPSA) is 29.5 Å². The maximum atomic E-state index is 13.4.